The molecule has 2 heterocycles. The van der Waals surface area contributed by atoms with E-state index in [1.807, 2.05) is 36.4 Å². The first-order valence-corrected chi connectivity index (χ1v) is 11.0. The van der Waals surface area contributed by atoms with Gasteiger partial charge in [0.05, 0.1) is 23.4 Å². The highest BCUT2D eigenvalue weighted by Gasteiger charge is 2.39. The molecule has 5 rings (SSSR count). The second kappa shape index (κ2) is 9.16. The van der Waals surface area contributed by atoms with Crippen LogP contribution in [0.15, 0.2) is 96.7 Å². The molecule has 4 aromatic rings. The number of carbonyl (C=O) groups is 2. The number of imide groups is 1. The summed E-state index contributed by atoms with van der Waals surface area (Å²) in [5.41, 5.74) is 0.399. The molecule has 176 valence electrons. The summed E-state index contributed by atoms with van der Waals surface area (Å²) < 4.78 is 39.2. The standard InChI is InChI=1S/C29H17F3N2O2/c30-29(31,32)22-14-11-21(12-15-22)26-25(16-13-20-8-5-7-19-6-1-2-10-24(19)20)27(35)34(28(26)36)18-23-9-3-4-17-33-23/h1-12,14-15,17H,18H2. The Labute approximate surface area is 204 Å². The minimum atomic E-state index is -4.52. The maximum Gasteiger partial charge on any atom is 0.416 e. The predicted octanol–water partition coefficient (Wildman–Crippen LogP) is 5.63. The van der Waals surface area contributed by atoms with Crippen molar-refractivity contribution < 1.29 is 22.8 Å². The lowest BCUT2D eigenvalue weighted by molar-refractivity contribution is -0.138. The van der Waals surface area contributed by atoms with Gasteiger partial charge in [0.25, 0.3) is 11.8 Å². The molecule has 2 amide bonds. The van der Waals surface area contributed by atoms with Crippen LogP contribution in [0.5, 0.6) is 0 Å². The zero-order chi connectivity index (χ0) is 25.3. The molecule has 0 saturated heterocycles. The molecule has 0 spiro atoms. The Kier molecular flexibility index (Phi) is 5.87. The first-order chi connectivity index (χ1) is 17.3. The third kappa shape index (κ3) is 4.37. The van der Waals surface area contributed by atoms with Crippen LogP contribution < -0.4 is 0 Å². The van der Waals surface area contributed by atoms with Crippen LogP contribution in [0.4, 0.5) is 13.2 Å². The second-order valence-electron chi connectivity index (χ2n) is 8.12. The quantitative estimate of drug-likeness (QED) is 0.281. The maximum atomic E-state index is 13.4. The van der Waals surface area contributed by atoms with Gasteiger partial charge in [-0.3, -0.25) is 19.5 Å². The summed E-state index contributed by atoms with van der Waals surface area (Å²) in [5.74, 6) is 4.60. The summed E-state index contributed by atoms with van der Waals surface area (Å²) in [6.07, 6.45) is -2.98. The number of hydrogen-bond donors (Lipinski definition) is 0. The van der Waals surface area contributed by atoms with Gasteiger partial charge in [-0.1, -0.05) is 66.4 Å². The van der Waals surface area contributed by atoms with E-state index in [0.717, 1.165) is 27.8 Å². The number of hydrogen-bond acceptors (Lipinski definition) is 3. The van der Waals surface area contributed by atoms with Gasteiger partial charge < -0.3 is 0 Å². The van der Waals surface area contributed by atoms with Gasteiger partial charge in [-0.2, -0.15) is 13.2 Å². The highest BCUT2D eigenvalue weighted by molar-refractivity contribution is 6.37. The lowest BCUT2D eigenvalue weighted by atomic mass is 9.99. The monoisotopic (exact) mass is 482 g/mol. The summed E-state index contributed by atoms with van der Waals surface area (Å²) >= 11 is 0. The molecule has 1 aromatic heterocycles. The normalized spacial score (nSPS) is 13.8. The zero-order valence-electron chi connectivity index (χ0n) is 18.7. The van der Waals surface area contributed by atoms with Crippen LogP contribution in [0, 0.1) is 11.8 Å². The number of alkyl halides is 3. The van der Waals surface area contributed by atoms with Crippen molar-refractivity contribution in [2.45, 2.75) is 12.7 Å². The van der Waals surface area contributed by atoms with E-state index in [2.05, 4.69) is 16.8 Å². The van der Waals surface area contributed by atoms with Crippen molar-refractivity contribution in [2.24, 2.45) is 0 Å². The molecule has 0 fully saturated rings. The fourth-order valence-electron chi connectivity index (χ4n) is 4.05. The van der Waals surface area contributed by atoms with Crippen molar-refractivity contribution in [3.05, 3.63) is 119 Å². The van der Waals surface area contributed by atoms with Crippen LogP contribution in [-0.4, -0.2) is 21.7 Å². The number of nitrogens with zero attached hydrogens (tertiary/aromatic N) is 2. The van der Waals surface area contributed by atoms with Gasteiger partial charge in [0, 0.05) is 11.8 Å². The summed E-state index contributed by atoms with van der Waals surface area (Å²) in [7, 11) is 0. The van der Waals surface area contributed by atoms with Gasteiger partial charge >= 0.3 is 6.18 Å². The van der Waals surface area contributed by atoms with Gasteiger partial charge in [-0.25, -0.2) is 0 Å². The van der Waals surface area contributed by atoms with Gasteiger partial charge in [-0.05, 0) is 46.7 Å². The fourth-order valence-corrected chi connectivity index (χ4v) is 4.05. The van der Waals surface area contributed by atoms with Crippen molar-refractivity contribution >= 4 is 28.2 Å². The number of pyridine rings is 1. The molecule has 0 aliphatic carbocycles. The maximum absolute atomic E-state index is 13.4. The number of fused-ring (bicyclic) bond motifs is 1. The Morgan fingerprint density at radius 1 is 0.778 bits per heavy atom. The van der Waals surface area contributed by atoms with Crippen molar-refractivity contribution in [3.8, 4) is 11.8 Å². The number of rotatable bonds is 3. The smallest absolute Gasteiger partial charge is 0.269 e. The molecule has 0 atom stereocenters. The van der Waals surface area contributed by atoms with Crippen LogP contribution in [-0.2, 0) is 22.3 Å². The first kappa shape index (κ1) is 23.1. The van der Waals surface area contributed by atoms with Crippen LogP contribution in [0.2, 0.25) is 0 Å². The van der Waals surface area contributed by atoms with E-state index in [1.54, 1.807) is 30.5 Å². The van der Waals surface area contributed by atoms with Crippen molar-refractivity contribution in [2.75, 3.05) is 0 Å². The summed E-state index contributed by atoms with van der Waals surface area (Å²) in [6.45, 7) is -0.0813. The molecule has 0 unspecified atom stereocenters. The van der Waals surface area contributed by atoms with Gasteiger partial charge in [0.2, 0.25) is 0 Å². The molecular weight excluding hydrogens is 465 g/mol. The SMILES string of the molecule is O=C1C(C#Cc2cccc3ccccc23)=C(c2ccc(C(F)(F)F)cc2)C(=O)N1Cc1ccccn1. The van der Waals surface area contributed by atoms with Crippen molar-refractivity contribution in [3.63, 3.8) is 0 Å². The van der Waals surface area contributed by atoms with Crippen LogP contribution in [0.3, 0.4) is 0 Å². The molecule has 3 aromatic carbocycles. The summed E-state index contributed by atoms with van der Waals surface area (Å²) in [6, 6.07) is 22.5. The van der Waals surface area contributed by atoms with Gasteiger partial charge in [0.1, 0.15) is 5.57 Å². The molecular formula is C29H17F3N2O2. The van der Waals surface area contributed by atoms with E-state index in [9.17, 15) is 22.8 Å². The van der Waals surface area contributed by atoms with Crippen LogP contribution in [0.1, 0.15) is 22.4 Å². The Hall–Kier alpha value is -4.70. The second-order valence-corrected chi connectivity index (χ2v) is 8.12. The zero-order valence-corrected chi connectivity index (χ0v) is 18.7. The van der Waals surface area contributed by atoms with Crippen LogP contribution >= 0.6 is 0 Å². The number of halogens is 3. The topological polar surface area (TPSA) is 50.3 Å². The van der Waals surface area contributed by atoms with E-state index in [1.165, 1.54) is 12.1 Å². The number of aromatic nitrogens is 1. The van der Waals surface area contributed by atoms with E-state index < -0.39 is 23.6 Å². The Morgan fingerprint density at radius 2 is 1.50 bits per heavy atom. The van der Waals surface area contributed by atoms with Gasteiger partial charge in [-0.15, -0.1) is 0 Å². The van der Waals surface area contributed by atoms with Crippen molar-refractivity contribution in [1.82, 2.24) is 9.88 Å². The minimum Gasteiger partial charge on any atom is -0.269 e. The fraction of sp³-hybridized carbons (Fsp3) is 0.0690. The van der Waals surface area contributed by atoms with E-state index in [0.29, 0.717) is 11.3 Å². The van der Waals surface area contributed by atoms with Crippen LogP contribution in [0.25, 0.3) is 16.3 Å². The highest BCUT2D eigenvalue weighted by atomic mass is 19.4. The summed E-state index contributed by atoms with van der Waals surface area (Å²) in [5, 5.41) is 1.85. The average Bonchev–Trinajstić information content (AvgIpc) is 3.11. The molecule has 0 radical (unpaired) electrons. The Bertz CT molecular complexity index is 1570. The van der Waals surface area contributed by atoms with E-state index >= 15 is 0 Å². The third-order valence-electron chi connectivity index (χ3n) is 5.83. The number of carbonyl (C=O) groups excluding carboxylic acids is 2. The predicted molar refractivity (Wildman–Crippen MR) is 129 cm³/mol. The van der Waals surface area contributed by atoms with E-state index in [-0.39, 0.29) is 23.3 Å². The van der Waals surface area contributed by atoms with E-state index in [4.69, 9.17) is 0 Å². The summed E-state index contributed by atoms with van der Waals surface area (Å²) in [4.78, 5) is 31.9. The molecule has 4 nitrogen and oxygen atoms in total. The Balaban J connectivity index is 1.61. The number of benzene rings is 3. The minimum absolute atomic E-state index is 0.0302. The largest absolute Gasteiger partial charge is 0.416 e. The molecule has 1 aliphatic heterocycles. The molecule has 0 saturated carbocycles. The molecule has 0 N–H and O–H groups in total. The van der Waals surface area contributed by atoms with Gasteiger partial charge in [0.15, 0.2) is 0 Å². The lowest BCUT2D eigenvalue weighted by Gasteiger charge is -2.14. The molecule has 36 heavy (non-hydrogen) atoms. The first-order valence-electron chi connectivity index (χ1n) is 11.0. The highest BCUT2D eigenvalue weighted by Crippen LogP contribution is 2.34. The average molecular weight is 482 g/mol. The van der Waals surface area contributed by atoms with Crippen molar-refractivity contribution in [1.29, 1.82) is 0 Å². The lowest BCUT2D eigenvalue weighted by Crippen LogP contribution is -2.31. The Morgan fingerprint density at radius 3 is 2.22 bits per heavy atom. The molecule has 1 aliphatic rings. The third-order valence-corrected chi connectivity index (χ3v) is 5.83. The molecule has 7 heteroatoms. The number of amides is 2. The molecule has 0 bridgehead atoms.